The summed E-state index contributed by atoms with van der Waals surface area (Å²) in [6.45, 7) is 3.78. The number of thioether (sulfide) groups is 1. The lowest BCUT2D eigenvalue weighted by Crippen LogP contribution is -2.12. The van der Waals surface area contributed by atoms with Gasteiger partial charge in [0.25, 0.3) is 5.95 Å². The first-order chi connectivity index (χ1) is 21.2. The first-order valence-corrected chi connectivity index (χ1v) is 15.7. The molecule has 2 aromatic carbocycles. The molecule has 9 nitrogen and oxygen atoms in total. The Labute approximate surface area is 262 Å². The first-order valence-electron chi connectivity index (χ1n) is 13.8. The number of aromatic hydroxyl groups is 1. The fourth-order valence-corrected chi connectivity index (χ4v) is 6.22. The molecule has 0 aliphatic heterocycles. The predicted octanol–water partition coefficient (Wildman–Crippen LogP) is 7.55. The molecule has 0 bridgehead atoms. The number of phenolic OH excluding ortho intramolecular Hbond substituents is 1. The van der Waals surface area contributed by atoms with Crippen LogP contribution in [-0.4, -0.2) is 39.1 Å². The number of fused-ring (bicyclic) bond motifs is 1. The Bertz CT molecular complexity index is 1720. The monoisotopic (exact) mass is 636 g/mol. The fourth-order valence-electron chi connectivity index (χ4n) is 4.44. The highest BCUT2D eigenvalue weighted by Crippen LogP contribution is 2.36. The molecular formula is C33H32O9S2. The maximum Gasteiger partial charge on any atom is 0.513 e. The zero-order chi connectivity index (χ0) is 31.6. The number of ether oxygens (including phenoxy) is 2. The van der Waals surface area contributed by atoms with E-state index in [9.17, 15) is 24.6 Å². The highest BCUT2D eigenvalue weighted by Gasteiger charge is 2.21. The molecule has 0 aliphatic rings. The van der Waals surface area contributed by atoms with Crippen LogP contribution in [0.25, 0.3) is 11.0 Å². The van der Waals surface area contributed by atoms with E-state index in [1.165, 1.54) is 30.0 Å². The van der Waals surface area contributed by atoms with E-state index in [2.05, 4.69) is 4.74 Å². The van der Waals surface area contributed by atoms with Crippen molar-refractivity contribution in [3.8, 4) is 17.4 Å². The van der Waals surface area contributed by atoms with Gasteiger partial charge >= 0.3 is 6.16 Å². The summed E-state index contributed by atoms with van der Waals surface area (Å²) in [5.41, 5.74) is 1.41. The van der Waals surface area contributed by atoms with Crippen molar-refractivity contribution in [2.24, 2.45) is 0 Å². The van der Waals surface area contributed by atoms with Gasteiger partial charge in [0.2, 0.25) is 0 Å². The van der Waals surface area contributed by atoms with Crippen molar-refractivity contribution in [2.75, 3.05) is 6.61 Å². The SMILES string of the molecule is CCCc1c(OCC/C=C\C=C\C(Sc2ccc3c(=O)cc(OC(=O)O)oc3c2)C(O)c2ccsc2)ccc(C(C)=O)c1O. The molecule has 4 aromatic rings. The zero-order valence-electron chi connectivity index (χ0n) is 24.1. The molecule has 0 spiro atoms. The van der Waals surface area contributed by atoms with Crippen LogP contribution < -0.4 is 14.9 Å². The molecule has 4 rings (SSSR count). The number of aliphatic hydroxyl groups is 1. The first kappa shape index (κ1) is 32.6. The maximum atomic E-state index is 12.4. The standard InChI is InChI=1S/C33H32O9S2/c1-3-8-25-27(13-12-23(20(2)34)32(25)37)40-15-7-5-4-6-9-29(31(36)21-14-16-43-19-21)44-22-10-11-24-26(35)18-30(42-33(38)39)41-28(24)17-22/h4-6,9-14,16-19,29,31,36-37H,3,7-8,15H2,1-2H3,(H,38,39)/b5-4-,9-6+. The van der Waals surface area contributed by atoms with Gasteiger partial charge in [-0.2, -0.15) is 11.3 Å². The van der Waals surface area contributed by atoms with Crippen LogP contribution in [0, 0.1) is 0 Å². The quantitative estimate of drug-likeness (QED) is 0.0417. The van der Waals surface area contributed by atoms with Gasteiger partial charge in [-0.05, 0) is 72.5 Å². The van der Waals surface area contributed by atoms with Crippen molar-refractivity contribution in [1.29, 1.82) is 0 Å². The van der Waals surface area contributed by atoms with E-state index in [0.29, 0.717) is 35.7 Å². The number of carbonyl (C=O) groups excluding carboxylic acids is 1. The van der Waals surface area contributed by atoms with Gasteiger partial charge < -0.3 is 29.2 Å². The van der Waals surface area contributed by atoms with E-state index in [1.807, 2.05) is 48.1 Å². The van der Waals surface area contributed by atoms with E-state index in [1.54, 1.807) is 30.3 Å². The number of carbonyl (C=O) groups is 2. The number of hydrogen-bond donors (Lipinski definition) is 3. The largest absolute Gasteiger partial charge is 0.513 e. The summed E-state index contributed by atoms with van der Waals surface area (Å²) in [6, 6.07) is 11.1. The van der Waals surface area contributed by atoms with E-state index < -0.39 is 28.9 Å². The number of rotatable bonds is 14. The minimum atomic E-state index is -1.59. The highest BCUT2D eigenvalue weighted by atomic mass is 32.2. The van der Waals surface area contributed by atoms with Crippen LogP contribution in [0.5, 0.6) is 17.4 Å². The van der Waals surface area contributed by atoms with E-state index in [4.69, 9.17) is 14.3 Å². The average Bonchev–Trinajstić information content (AvgIpc) is 3.52. The molecule has 0 fully saturated rings. The van der Waals surface area contributed by atoms with E-state index >= 15 is 0 Å². The fraction of sp³-hybridized carbons (Fsp3) is 0.242. The number of thiophene rings is 1. The third kappa shape index (κ3) is 8.40. The highest BCUT2D eigenvalue weighted by molar-refractivity contribution is 8.00. The molecule has 0 aliphatic carbocycles. The Kier molecular flexibility index (Phi) is 11.4. The molecule has 11 heteroatoms. The molecule has 2 aromatic heterocycles. The van der Waals surface area contributed by atoms with Crippen LogP contribution in [0.3, 0.4) is 0 Å². The molecule has 230 valence electrons. The van der Waals surface area contributed by atoms with Crippen molar-refractivity contribution in [3.63, 3.8) is 0 Å². The Balaban J connectivity index is 1.45. The van der Waals surface area contributed by atoms with Crippen molar-refractivity contribution >= 4 is 46.0 Å². The van der Waals surface area contributed by atoms with Gasteiger partial charge in [0.15, 0.2) is 11.2 Å². The van der Waals surface area contributed by atoms with Crippen LogP contribution in [0.15, 0.2) is 91.6 Å². The Morgan fingerprint density at radius 1 is 1.14 bits per heavy atom. The zero-order valence-corrected chi connectivity index (χ0v) is 25.7. The third-order valence-corrected chi connectivity index (χ3v) is 8.46. The second-order valence-electron chi connectivity index (χ2n) is 9.73. The van der Waals surface area contributed by atoms with Crippen LogP contribution in [0.1, 0.15) is 54.3 Å². The van der Waals surface area contributed by atoms with Gasteiger partial charge in [-0.1, -0.05) is 37.6 Å². The lowest BCUT2D eigenvalue weighted by molar-refractivity contribution is 0.101. The third-order valence-electron chi connectivity index (χ3n) is 6.54. The summed E-state index contributed by atoms with van der Waals surface area (Å²) < 4.78 is 15.9. The molecular weight excluding hydrogens is 604 g/mol. The van der Waals surface area contributed by atoms with Gasteiger partial charge in [0, 0.05) is 10.5 Å². The topological polar surface area (TPSA) is 144 Å². The molecule has 2 unspecified atom stereocenters. The second-order valence-corrected chi connectivity index (χ2v) is 11.8. The van der Waals surface area contributed by atoms with Crippen molar-refractivity contribution < 1.29 is 38.8 Å². The van der Waals surface area contributed by atoms with Crippen LogP contribution in [0.4, 0.5) is 4.79 Å². The lowest BCUT2D eigenvalue weighted by Gasteiger charge is -2.19. The number of phenols is 1. The lowest BCUT2D eigenvalue weighted by atomic mass is 10.0. The number of hydrogen-bond acceptors (Lipinski definition) is 10. The average molecular weight is 637 g/mol. The summed E-state index contributed by atoms with van der Waals surface area (Å²) in [6.07, 6.45) is 7.03. The van der Waals surface area contributed by atoms with Crippen LogP contribution >= 0.6 is 23.1 Å². The van der Waals surface area contributed by atoms with Gasteiger partial charge in [-0.3, -0.25) is 9.59 Å². The summed E-state index contributed by atoms with van der Waals surface area (Å²) in [5, 5.41) is 34.2. The molecule has 0 amide bonds. The summed E-state index contributed by atoms with van der Waals surface area (Å²) in [7, 11) is 0. The van der Waals surface area contributed by atoms with Crippen LogP contribution in [0.2, 0.25) is 0 Å². The summed E-state index contributed by atoms with van der Waals surface area (Å²) >= 11 is 2.83. The molecule has 2 atom stereocenters. The smallest absolute Gasteiger partial charge is 0.507 e. The van der Waals surface area contributed by atoms with Gasteiger partial charge in [-0.15, -0.1) is 11.8 Å². The van der Waals surface area contributed by atoms with Crippen molar-refractivity contribution in [2.45, 2.75) is 49.4 Å². The van der Waals surface area contributed by atoms with Crippen molar-refractivity contribution in [3.05, 3.63) is 104 Å². The molecule has 44 heavy (non-hydrogen) atoms. The second kappa shape index (κ2) is 15.4. The Hall–Kier alpha value is -4.32. The minimum absolute atomic E-state index is 0.0226. The summed E-state index contributed by atoms with van der Waals surface area (Å²) in [4.78, 5) is 35.8. The number of carboxylic acid groups (broad SMARTS) is 1. The number of allylic oxidation sites excluding steroid dienone is 2. The molecule has 2 heterocycles. The predicted molar refractivity (Wildman–Crippen MR) is 171 cm³/mol. The van der Waals surface area contributed by atoms with Gasteiger partial charge in [0.05, 0.1) is 35.0 Å². The molecule has 0 saturated carbocycles. The molecule has 0 radical (unpaired) electrons. The van der Waals surface area contributed by atoms with E-state index in [-0.39, 0.29) is 28.1 Å². The van der Waals surface area contributed by atoms with Gasteiger partial charge in [-0.25, -0.2) is 4.79 Å². The minimum Gasteiger partial charge on any atom is -0.507 e. The van der Waals surface area contributed by atoms with Gasteiger partial charge in [0.1, 0.15) is 17.1 Å². The summed E-state index contributed by atoms with van der Waals surface area (Å²) in [5.74, 6) is -0.0898. The van der Waals surface area contributed by atoms with E-state index in [0.717, 1.165) is 18.1 Å². The number of aliphatic hydroxyl groups excluding tert-OH is 1. The molecule has 0 saturated heterocycles. The number of ketones is 1. The number of Topliss-reactive ketones (excluding diaryl/α,β-unsaturated/α-hetero) is 1. The Morgan fingerprint density at radius 3 is 2.66 bits per heavy atom. The maximum absolute atomic E-state index is 12.4. The molecule has 3 N–H and O–H groups in total. The normalized spacial score (nSPS) is 13.0. The Morgan fingerprint density at radius 2 is 1.95 bits per heavy atom. The van der Waals surface area contributed by atoms with Crippen LogP contribution in [-0.2, 0) is 6.42 Å². The van der Waals surface area contributed by atoms with Crippen molar-refractivity contribution in [1.82, 2.24) is 0 Å². The number of benzene rings is 2.